The predicted molar refractivity (Wildman–Crippen MR) is 131 cm³/mol. The molecule has 0 aliphatic rings. The van der Waals surface area contributed by atoms with Crippen LogP contribution in [0.2, 0.25) is 0 Å². The molecule has 3 aromatic carbocycles. The number of rotatable bonds is 8. The molecule has 0 bridgehead atoms. The molecule has 0 heteroatoms. The van der Waals surface area contributed by atoms with Gasteiger partial charge in [-0.2, -0.15) is 0 Å². The summed E-state index contributed by atoms with van der Waals surface area (Å²) in [6, 6.07) is 28.6. The molecule has 3 rings (SSSR count). The van der Waals surface area contributed by atoms with Gasteiger partial charge in [-0.3, -0.25) is 0 Å². The Balaban J connectivity index is 2.11. The van der Waals surface area contributed by atoms with E-state index in [9.17, 15) is 0 Å². The Morgan fingerprint density at radius 1 is 0.633 bits per heavy atom. The smallest absolute Gasteiger partial charge is 0.00612 e. The zero-order chi connectivity index (χ0) is 21.5. The van der Waals surface area contributed by atoms with E-state index in [1.807, 2.05) is 12.2 Å². The highest BCUT2D eigenvalue weighted by Crippen LogP contribution is 2.35. The van der Waals surface area contributed by atoms with Crippen molar-refractivity contribution < 1.29 is 0 Å². The van der Waals surface area contributed by atoms with Gasteiger partial charge in [-0.25, -0.2) is 0 Å². The van der Waals surface area contributed by atoms with Crippen molar-refractivity contribution in [2.24, 2.45) is 0 Å². The molecule has 0 aliphatic heterocycles. The molecule has 3 unspecified atom stereocenters. The van der Waals surface area contributed by atoms with Crippen LogP contribution in [-0.2, 0) is 0 Å². The first-order chi connectivity index (χ1) is 14.5. The van der Waals surface area contributed by atoms with Crippen molar-refractivity contribution in [1.82, 2.24) is 0 Å². The highest BCUT2D eigenvalue weighted by molar-refractivity contribution is 5.45. The van der Waals surface area contributed by atoms with Gasteiger partial charge in [-0.05, 0) is 33.4 Å². The van der Waals surface area contributed by atoms with E-state index < -0.39 is 0 Å². The van der Waals surface area contributed by atoms with Crippen LogP contribution in [-0.4, -0.2) is 0 Å². The third-order valence-corrected chi connectivity index (χ3v) is 6.15. The van der Waals surface area contributed by atoms with Crippen molar-refractivity contribution in [3.8, 4) is 0 Å². The molecular weight excluding hydrogens is 360 g/mol. The zero-order valence-electron chi connectivity index (χ0n) is 18.4. The average molecular weight is 393 g/mol. The van der Waals surface area contributed by atoms with Crippen LogP contribution >= 0.6 is 0 Å². The Kier molecular flexibility index (Phi) is 7.25. The first-order valence-electron chi connectivity index (χ1n) is 10.7. The summed E-state index contributed by atoms with van der Waals surface area (Å²) >= 11 is 0. The molecule has 0 saturated heterocycles. The van der Waals surface area contributed by atoms with E-state index in [2.05, 4.69) is 119 Å². The lowest BCUT2D eigenvalue weighted by Gasteiger charge is -2.22. The second-order valence-corrected chi connectivity index (χ2v) is 8.03. The Labute approximate surface area is 182 Å². The molecule has 3 aromatic rings. The Morgan fingerprint density at radius 2 is 1.07 bits per heavy atom. The molecule has 0 fully saturated rings. The van der Waals surface area contributed by atoms with Gasteiger partial charge in [0.1, 0.15) is 0 Å². The molecule has 0 amide bonds. The summed E-state index contributed by atoms with van der Waals surface area (Å²) in [7, 11) is 0. The maximum atomic E-state index is 4.02. The van der Waals surface area contributed by atoms with Crippen LogP contribution in [0, 0.1) is 0 Å². The van der Waals surface area contributed by atoms with Gasteiger partial charge in [-0.15, -0.1) is 0 Å². The SMILES string of the molecule is C=C/C=C(\C=C)C(C)c1cc(C(C)c2ccccc2)cc(C(C)c2ccccc2)c1. The molecule has 0 aromatic heterocycles. The fourth-order valence-electron chi connectivity index (χ4n) is 4.04. The van der Waals surface area contributed by atoms with Crippen molar-refractivity contribution in [2.45, 2.75) is 38.5 Å². The first kappa shape index (κ1) is 21.6. The summed E-state index contributed by atoms with van der Waals surface area (Å²) in [6.45, 7) is 14.7. The second kappa shape index (κ2) is 10.1. The van der Waals surface area contributed by atoms with Gasteiger partial charge < -0.3 is 0 Å². The Morgan fingerprint density at radius 3 is 1.47 bits per heavy atom. The standard InChI is InChI=1S/C30H32/c1-6-14-25(7-2)22(3)28-19-29(23(4)26-15-10-8-11-16-26)21-30(20-28)24(5)27-17-12-9-13-18-27/h6-24H,1-2H2,3-5H3/b25-14+. The van der Waals surface area contributed by atoms with E-state index in [1.165, 1.54) is 33.4 Å². The molecule has 0 heterocycles. The number of hydrogen-bond donors (Lipinski definition) is 0. The van der Waals surface area contributed by atoms with Gasteiger partial charge in [0.05, 0.1) is 0 Å². The molecule has 30 heavy (non-hydrogen) atoms. The van der Waals surface area contributed by atoms with Gasteiger partial charge in [0.2, 0.25) is 0 Å². The van der Waals surface area contributed by atoms with Crippen LogP contribution in [0.1, 0.15) is 66.3 Å². The minimum Gasteiger partial charge on any atom is -0.0991 e. The second-order valence-electron chi connectivity index (χ2n) is 8.03. The maximum absolute atomic E-state index is 4.02. The number of allylic oxidation sites excluding steroid dienone is 4. The van der Waals surface area contributed by atoms with Gasteiger partial charge in [0, 0.05) is 17.8 Å². The quantitative estimate of drug-likeness (QED) is 0.338. The van der Waals surface area contributed by atoms with E-state index in [-0.39, 0.29) is 5.92 Å². The number of benzene rings is 3. The van der Waals surface area contributed by atoms with Crippen molar-refractivity contribution >= 4 is 0 Å². The van der Waals surface area contributed by atoms with Crippen molar-refractivity contribution in [1.29, 1.82) is 0 Å². The van der Waals surface area contributed by atoms with Gasteiger partial charge >= 0.3 is 0 Å². The summed E-state index contributed by atoms with van der Waals surface area (Å²) in [5.74, 6) is 0.913. The lowest BCUT2D eigenvalue weighted by atomic mass is 9.82. The first-order valence-corrected chi connectivity index (χ1v) is 10.7. The Hall–Kier alpha value is -3.12. The van der Waals surface area contributed by atoms with E-state index >= 15 is 0 Å². The largest absolute Gasteiger partial charge is 0.0991 e. The van der Waals surface area contributed by atoms with Crippen LogP contribution in [0.4, 0.5) is 0 Å². The Bertz CT molecular complexity index is 945. The topological polar surface area (TPSA) is 0 Å². The van der Waals surface area contributed by atoms with Crippen molar-refractivity contribution in [2.75, 3.05) is 0 Å². The molecule has 0 nitrogen and oxygen atoms in total. The van der Waals surface area contributed by atoms with Crippen LogP contribution in [0.25, 0.3) is 0 Å². The predicted octanol–water partition coefficient (Wildman–Crippen LogP) is 8.39. The normalized spacial score (nSPS) is 14.6. The van der Waals surface area contributed by atoms with E-state index in [4.69, 9.17) is 0 Å². The van der Waals surface area contributed by atoms with Crippen LogP contribution in [0.15, 0.2) is 116 Å². The van der Waals surface area contributed by atoms with Crippen LogP contribution in [0.3, 0.4) is 0 Å². The van der Waals surface area contributed by atoms with Crippen LogP contribution < -0.4 is 0 Å². The highest BCUT2D eigenvalue weighted by Gasteiger charge is 2.18. The van der Waals surface area contributed by atoms with Gasteiger partial charge in [-0.1, -0.05) is 131 Å². The summed E-state index contributed by atoms with van der Waals surface area (Å²) in [4.78, 5) is 0. The maximum Gasteiger partial charge on any atom is 0.00612 e. The molecule has 0 saturated carbocycles. The van der Waals surface area contributed by atoms with Gasteiger partial charge in [0.25, 0.3) is 0 Å². The third kappa shape index (κ3) is 4.89. The van der Waals surface area contributed by atoms with Crippen LogP contribution in [0.5, 0.6) is 0 Å². The molecule has 0 spiro atoms. The summed E-state index contributed by atoms with van der Waals surface area (Å²) in [5, 5.41) is 0. The molecule has 0 radical (unpaired) electrons. The van der Waals surface area contributed by atoms with E-state index in [0.717, 1.165) is 0 Å². The monoisotopic (exact) mass is 392 g/mol. The average Bonchev–Trinajstić information content (AvgIpc) is 2.82. The van der Waals surface area contributed by atoms with Gasteiger partial charge in [0.15, 0.2) is 0 Å². The lowest BCUT2D eigenvalue weighted by molar-refractivity contribution is 0.855. The lowest BCUT2D eigenvalue weighted by Crippen LogP contribution is -2.05. The summed E-state index contributed by atoms with van der Waals surface area (Å²) < 4.78 is 0. The minimum absolute atomic E-state index is 0.255. The fraction of sp³-hybridized carbons (Fsp3) is 0.200. The molecule has 152 valence electrons. The zero-order valence-corrected chi connectivity index (χ0v) is 18.4. The van der Waals surface area contributed by atoms with Crippen molar-refractivity contribution in [3.63, 3.8) is 0 Å². The molecule has 0 N–H and O–H groups in total. The van der Waals surface area contributed by atoms with Crippen molar-refractivity contribution in [3.05, 3.63) is 144 Å². The molecular formula is C30H32. The summed E-state index contributed by atoms with van der Waals surface area (Å²) in [6.07, 6.45) is 5.85. The molecule has 3 atom stereocenters. The number of hydrogen-bond acceptors (Lipinski definition) is 0. The highest BCUT2D eigenvalue weighted by atomic mass is 14.2. The third-order valence-electron chi connectivity index (χ3n) is 6.15. The summed E-state index contributed by atoms with van der Waals surface area (Å²) in [5.41, 5.74) is 7.89. The molecule has 0 aliphatic carbocycles. The van der Waals surface area contributed by atoms with E-state index in [0.29, 0.717) is 11.8 Å². The fourth-order valence-corrected chi connectivity index (χ4v) is 4.04. The minimum atomic E-state index is 0.255. The van der Waals surface area contributed by atoms with E-state index in [1.54, 1.807) is 0 Å².